The van der Waals surface area contributed by atoms with Crippen LogP contribution in [0.5, 0.6) is 0 Å². The Morgan fingerprint density at radius 1 is 1.29 bits per heavy atom. The van der Waals surface area contributed by atoms with Gasteiger partial charge < -0.3 is 9.88 Å². The van der Waals surface area contributed by atoms with Crippen LogP contribution < -0.4 is 10.0 Å². The summed E-state index contributed by atoms with van der Waals surface area (Å²) in [6.07, 6.45) is -3.73. The van der Waals surface area contributed by atoms with Crippen LogP contribution in [0.1, 0.15) is 23.0 Å². The number of aryl methyl sites for hydroxylation is 1. The number of halogens is 5. The molecule has 0 bridgehead atoms. The molecule has 0 radical (unpaired) electrons. The smallest absolute Gasteiger partial charge is 0.345 e. The first-order chi connectivity index (χ1) is 12.7. The number of nitrogens with one attached hydrogen (secondary N) is 2. The third-order valence-electron chi connectivity index (χ3n) is 3.89. The Morgan fingerprint density at radius 2 is 1.89 bits per heavy atom. The zero-order valence-corrected chi connectivity index (χ0v) is 16.4. The van der Waals surface area contributed by atoms with Crippen molar-refractivity contribution in [1.82, 2.24) is 9.29 Å². The van der Waals surface area contributed by atoms with Gasteiger partial charge in [0.1, 0.15) is 22.4 Å². The van der Waals surface area contributed by atoms with E-state index in [0.717, 1.165) is 18.3 Å². The number of benzene rings is 1. The Bertz CT molecular complexity index is 1020. The van der Waals surface area contributed by atoms with Crippen molar-refractivity contribution in [2.24, 2.45) is 7.05 Å². The van der Waals surface area contributed by atoms with Gasteiger partial charge in [0, 0.05) is 18.9 Å². The topological polar surface area (TPSA) is 80.2 Å². The van der Waals surface area contributed by atoms with Gasteiger partial charge in [0.05, 0.1) is 5.02 Å². The fourth-order valence-corrected chi connectivity index (χ4v) is 4.15. The van der Waals surface area contributed by atoms with Gasteiger partial charge in [-0.05, 0) is 37.6 Å². The molecular weight excluding hydrogens is 426 g/mol. The van der Waals surface area contributed by atoms with Crippen LogP contribution in [-0.2, 0) is 17.1 Å². The maximum Gasteiger partial charge on any atom is 0.404 e. The first kappa shape index (κ1) is 22.2. The molecule has 12 heteroatoms. The molecule has 0 fully saturated rings. The number of carbonyl (C=O) groups is 1. The number of hydrogen-bond acceptors (Lipinski definition) is 3. The summed E-state index contributed by atoms with van der Waals surface area (Å²) in [6, 6.07) is 1.14. The highest BCUT2D eigenvalue weighted by Crippen LogP contribution is 2.26. The monoisotopic (exact) mass is 441 g/mol. The minimum atomic E-state index is -4.77. The molecule has 0 aliphatic heterocycles. The van der Waals surface area contributed by atoms with E-state index < -0.39 is 38.9 Å². The van der Waals surface area contributed by atoms with Crippen LogP contribution in [0, 0.1) is 12.7 Å². The molecule has 154 valence electrons. The summed E-state index contributed by atoms with van der Waals surface area (Å²) in [5, 5.41) is 2.20. The van der Waals surface area contributed by atoms with Crippen LogP contribution in [0.4, 0.5) is 23.2 Å². The Morgan fingerprint density at radius 3 is 2.43 bits per heavy atom. The fraction of sp³-hybridized carbons (Fsp3) is 0.312. The first-order valence-corrected chi connectivity index (χ1v) is 9.61. The molecule has 28 heavy (non-hydrogen) atoms. The lowest BCUT2D eigenvalue weighted by atomic mass is 10.2. The maximum atomic E-state index is 13.2. The van der Waals surface area contributed by atoms with Gasteiger partial charge >= 0.3 is 6.18 Å². The van der Waals surface area contributed by atoms with Crippen LogP contribution in [0.25, 0.3) is 0 Å². The predicted molar refractivity (Wildman–Crippen MR) is 95.4 cm³/mol. The minimum Gasteiger partial charge on any atom is -0.345 e. The molecule has 1 aromatic heterocycles. The van der Waals surface area contributed by atoms with Gasteiger partial charge in [-0.25, -0.2) is 12.8 Å². The summed E-state index contributed by atoms with van der Waals surface area (Å²) in [6.45, 7) is 1.96. The van der Waals surface area contributed by atoms with Crippen LogP contribution in [0.15, 0.2) is 29.3 Å². The minimum absolute atomic E-state index is 0.0462. The Labute approximate surface area is 163 Å². The van der Waals surface area contributed by atoms with Crippen LogP contribution >= 0.6 is 11.6 Å². The molecule has 0 unspecified atom stereocenters. The Hall–Kier alpha value is -2.11. The molecule has 1 aromatic carbocycles. The van der Waals surface area contributed by atoms with Gasteiger partial charge in [0.25, 0.3) is 5.91 Å². The second-order valence-corrected chi connectivity index (χ2v) is 8.14. The highest BCUT2D eigenvalue weighted by Gasteiger charge is 2.39. The van der Waals surface area contributed by atoms with Crippen LogP contribution in [0.3, 0.4) is 0 Å². The molecule has 2 aromatic rings. The lowest BCUT2D eigenvalue weighted by Gasteiger charge is -2.17. The molecule has 2 N–H and O–H groups in total. The van der Waals surface area contributed by atoms with Crippen molar-refractivity contribution in [1.29, 1.82) is 0 Å². The summed E-state index contributed by atoms with van der Waals surface area (Å²) in [5.41, 5.74) is 0.0146. The lowest BCUT2D eigenvalue weighted by molar-refractivity contribution is -0.147. The maximum absolute atomic E-state index is 13.2. The SMILES string of the molecule is Cc1c(S(=O)(=O)N[C@H](C)C(F)(F)F)cn(C)c1C(=O)Nc1ccc(F)c(Cl)c1. The number of rotatable bonds is 5. The van der Waals surface area contributed by atoms with E-state index in [4.69, 9.17) is 11.6 Å². The van der Waals surface area contributed by atoms with Gasteiger partial charge in [-0.3, -0.25) is 4.79 Å². The van der Waals surface area contributed by atoms with E-state index in [0.29, 0.717) is 6.92 Å². The fourth-order valence-electron chi connectivity index (χ4n) is 2.45. The summed E-state index contributed by atoms with van der Waals surface area (Å²) < 4.78 is 78.6. The van der Waals surface area contributed by atoms with Gasteiger partial charge in [0.15, 0.2) is 0 Å². The molecule has 6 nitrogen and oxygen atoms in total. The number of anilines is 1. The summed E-state index contributed by atoms with van der Waals surface area (Å²) in [7, 11) is -3.17. The largest absolute Gasteiger partial charge is 0.404 e. The van der Waals surface area contributed by atoms with E-state index in [1.54, 1.807) is 0 Å². The van der Waals surface area contributed by atoms with Gasteiger partial charge in [0.2, 0.25) is 10.0 Å². The van der Waals surface area contributed by atoms with Crippen molar-refractivity contribution in [3.05, 3.63) is 46.5 Å². The number of aromatic nitrogens is 1. The van der Waals surface area contributed by atoms with Crippen molar-refractivity contribution in [3.63, 3.8) is 0 Å². The predicted octanol–water partition coefficient (Wildman–Crippen LogP) is 3.61. The first-order valence-electron chi connectivity index (χ1n) is 7.75. The second kappa shape index (κ2) is 7.72. The number of hydrogen-bond donors (Lipinski definition) is 2. The quantitative estimate of drug-likeness (QED) is 0.696. The average Bonchev–Trinajstić information content (AvgIpc) is 2.85. The summed E-state index contributed by atoms with van der Waals surface area (Å²) in [5.74, 6) is -1.43. The molecule has 1 amide bonds. The van der Waals surface area contributed by atoms with Crippen LogP contribution in [0.2, 0.25) is 5.02 Å². The van der Waals surface area contributed by atoms with E-state index in [1.165, 1.54) is 29.3 Å². The average molecular weight is 442 g/mol. The zero-order valence-electron chi connectivity index (χ0n) is 14.9. The van der Waals surface area contributed by atoms with Gasteiger partial charge in [-0.2, -0.15) is 17.9 Å². The van der Waals surface area contributed by atoms with Crippen LogP contribution in [-0.4, -0.2) is 31.1 Å². The molecule has 0 spiro atoms. The van der Waals surface area contributed by atoms with E-state index in [1.807, 2.05) is 0 Å². The Kier molecular flexibility index (Phi) is 6.12. The molecule has 0 saturated carbocycles. The molecule has 1 heterocycles. The van der Waals surface area contributed by atoms with Crippen molar-refractivity contribution >= 4 is 33.2 Å². The van der Waals surface area contributed by atoms with E-state index >= 15 is 0 Å². The molecule has 1 atom stereocenters. The van der Waals surface area contributed by atoms with Crippen molar-refractivity contribution in [3.8, 4) is 0 Å². The number of alkyl halides is 3. The number of amides is 1. The molecule has 2 rings (SSSR count). The highest BCUT2D eigenvalue weighted by atomic mass is 35.5. The third kappa shape index (κ3) is 4.65. The number of nitrogens with zero attached hydrogens (tertiary/aromatic N) is 1. The molecule has 0 aliphatic carbocycles. The van der Waals surface area contributed by atoms with Gasteiger partial charge in [-0.1, -0.05) is 11.6 Å². The van der Waals surface area contributed by atoms with Crippen molar-refractivity contribution in [2.45, 2.75) is 31.0 Å². The van der Waals surface area contributed by atoms with Crippen molar-refractivity contribution in [2.75, 3.05) is 5.32 Å². The summed E-state index contributed by atoms with van der Waals surface area (Å²) >= 11 is 5.64. The van der Waals surface area contributed by atoms with E-state index in [-0.39, 0.29) is 22.0 Å². The molecule has 0 aliphatic rings. The zero-order chi connectivity index (χ0) is 21.4. The third-order valence-corrected chi connectivity index (χ3v) is 5.84. The Balaban J connectivity index is 2.34. The van der Waals surface area contributed by atoms with Crippen molar-refractivity contribution < 1.29 is 30.8 Å². The van der Waals surface area contributed by atoms with Gasteiger partial charge in [-0.15, -0.1) is 0 Å². The number of carbonyl (C=O) groups excluding carboxylic acids is 1. The normalized spacial score (nSPS) is 13.4. The van der Waals surface area contributed by atoms with E-state index in [9.17, 15) is 30.8 Å². The number of sulfonamides is 1. The standard InChI is InChI=1S/C16H16ClF4N3O3S/c1-8-13(28(26,27)23-9(2)16(19,20)21)7-24(3)14(8)15(25)22-10-4-5-12(18)11(17)6-10/h4-7,9,23H,1-3H3,(H,22,25)/t9-/m1/s1. The molecule has 0 saturated heterocycles. The van der Waals surface area contributed by atoms with E-state index in [2.05, 4.69) is 5.32 Å². The highest BCUT2D eigenvalue weighted by molar-refractivity contribution is 7.89. The molecular formula is C16H16ClF4N3O3S. The second-order valence-electron chi connectivity index (χ2n) is 6.05. The lowest BCUT2D eigenvalue weighted by Crippen LogP contribution is -2.43. The summed E-state index contributed by atoms with van der Waals surface area (Å²) in [4.78, 5) is 12.0.